The molecule has 4 rings (SSSR count). The summed E-state index contributed by atoms with van der Waals surface area (Å²) in [7, 11) is 0. The summed E-state index contributed by atoms with van der Waals surface area (Å²) in [5.74, 6) is -2.44. The Morgan fingerprint density at radius 3 is 2.17 bits per heavy atom. The molecule has 0 aliphatic heterocycles. The highest BCUT2D eigenvalue weighted by Gasteiger charge is 2.32. The summed E-state index contributed by atoms with van der Waals surface area (Å²) in [6, 6.07) is 11.1. The van der Waals surface area contributed by atoms with Crippen molar-refractivity contribution in [3.8, 4) is 0 Å². The molecule has 0 fully saturated rings. The van der Waals surface area contributed by atoms with Crippen molar-refractivity contribution in [2.75, 3.05) is 10.6 Å². The summed E-state index contributed by atoms with van der Waals surface area (Å²) in [6.45, 7) is 6.28. The molecule has 178 valence electrons. The number of carbonyl (C=O) groups is 5. The summed E-state index contributed by atoms with van der Waals surface area (Å²) in [5, 5.41) is 5.59. The van der Waals surface area contributed by atoms with Crippen LogP contribution in [0, 0.1) is 13.8 Å². The third-order valence-corrected chi connectivity index (χ3v) is 6.87. The zero-order chi connectivity index (χ0) is 25.4. The van der Waals surface area contributed by atoms with Gasteiger partial charge < -0.3 is 15.4 Å². The van der Waals surface area contributed by atoms with Gasteiger partial charge in [0.1, 0.15) is 5.00 Å². The molecule has 0 radical (unpaired) electrons. The number of carbonyl (C=O) groups excluding carboxylic acids is 5. The molecule has 0 spiro atoms. The molecular formula is C26H22N2O6S. The van der Waals surface area contributed by atoms with E-state index in [2.05, 4.69) is 10.6 Å². The van der Waals surface area contributed by atoms with E-state index in [-0.39, 0.29) is 45.4 Å². The fraction of sp³-hybridized carbons (Fsp3) is 0.192. The third kappa shape index (κ3) is 4.38. The Morgan fingerprint density at radius 2 is 1.51 bits per heavy atom. The van der Waals surface area contributed by atoms with Gasteiger partial charge in [-0.3, -0.25) is 19.2 Å². The third-order valence-electron chi connectivity index (χ3n) is 5.74. The molecule has 1 unspecified atom stereocenters. The maximum absolute atomic E-state index is 13.1. The molecule has 0 saturated carbocycles. The summed E-state index contributed by atoms with van der Waals surface area (Å²) in [6.07, 6.45) is -1.22. The van der Waals surface area contributed by atoms with Crippen LogP contribution >= 0.6 is 11.3 Å². The summed E-state index contributed by atoms with van der Waals surface area (Å²) in [5.41, 5.74) is 1.87. The lowest BCUT2D eigenvalue weighted by Gasteiger charge is -2.21. The van der Waals surface area contributed by atoms with Gasteiger partial charge in [-0.25, -0.2) is 4.79 Å². The predicted octanol–water partition coefficient (Wildman–Crippen LogP) is 4.28. The molecule has 2 amide bonds. The molecule has 1 atom stereocenters. The van der Waals surface area contributed by atoms with E-state index in [9.17, 15) is 24.0 Å². The van der Waals surface area contributed by atoms with E-state index in [1.807, 2.05) is 6.92 Å². The van der Waals surface area contributed by atoms with Gasteiger partial charge in [-0.15, -0.1) is 11.3 Å². The Morgan fingerprint density at radius 1 is 0.886 bits per heavy atom. The van der Waals surface area contributed by atoms with Crippen LogP contribution in [0.5, 0.6) is 0 Å². The Bertz CT molecular complexity index is 1420. The van der Waals surface area contributed by atoms with Crippen LogP contribution in [0.2, 0.25) is 0 Å². The van der Waals surface area contributed by atoms with Crippen molar-refractivity contribution in [3.63, 3.8) is 0 Å². The van der Waals surface area contributed by atoms with Crippen LogP contribution in [-0.2, 0) is 14.3 Å². The number of anilines is 2. The smallest absolute Gasteiger partial charge is 0.342 e. The number of benzene rings is 2. The van der Waals surface area contributed by atoms with E-state index in [1.165, 1.54) is 37.3 Å². The minimum atomic E-state index is -1.22. The molecule has 1 aliphatic carbocycles. The van der Waals surface area contributed by atoms with Crippen LogP contribution in [0.15, 0.2) is 42.5 Å². The second-order valence-electron chi connectivity index (χ2n) is 8.14. The SMILES string of the molecule is CC(=O)Nc1sc(C)c(C)c1C(=O)OC(C)C(=O)Nc1cccc2c1C(=O)c1ccccc1C2=O. The predicted molar refractivity (Wildman–Crippen MR) is 131 cm³/mol. The average molecular weight is 491 g/mol. The minimum absolute atomic E-state index is 0.0975. The van der Waals surface area contributed by atoms with Gasteiger partial charge in [0.15, 0.2) is 17.7 Å². The van der Waals surface area contributed by atoms with E-state index < -0.39 is 18.0 Å². The second-order valence-corrected chi connectivity index (χ2v) is 9.36. The van der Waals surface area contributed by atoms with Gasteiger partial charge in [0.05, 0.1) is 16.8 Å². The maximum atomic E-state index is 13.1. The summed E-state index contributed by atoms with van der Waals surface area (Å²) >= 11 is 1.24. The number of hydrogen-bond donors (Lipinski definition) is 2. The van der Waals surface area contributed by atoms with Crippen LogP contribution in [0.3, 0.4) is 0 Å². The van der Waals surface area contributed by atoms with E-state index in [0.29, 0.717) is 16.1 Å². The lowest BCUT2D eigenvalue weighted by Crippen LogP contribution is -2.31. The lowest BCUT2D eigenvalue weighted by atomic mass is 9.83. The molecule has 8 nitrogen and oxygen atoms in total. The first kappa shape index (κ1) is 24.0. The van der Waals surface area contributed by atoms with Gasteiger partial charge in [0, 0.05) is 28.5 Å². The molecule has 1 heterocycles. The first-order valence-corrected chi connectivity index (χ1v) is 11.6. The zero-order valence-corrected chi connectivity index (χ0v) is 20.3. The maximum Gasteiger partial charge on any atom is 0.342 e. The molecule has 35 heavy (non-hydrogen) atoms. The number of rotatable bonds is 5. The fourth-order valence-corrected chi connectivity index (χ4v) is 4.97. The molecular weight excluding hydrogens is 468 g/mol. The van der Waals surface area contributed by atoms with Crippen LogP contribution in [0.1, 0.15) is 66.5 Å². The normalized spacial score (nSPS) is 12.9. The van der Waals surface area contributed by atoms with Gasteiger partial charge in [-0.1, -0.05) is 36.4 Å². The topological polar surface area (TPSA) is 119 Å². The van der Waals surface area contributed by atoms with Gasteiger partial charge in [0.25, 0.3) is 5.91 Å². The van der Waals surface area contributed by atoms with Crippen LogP contribution in [-0.4, -0.2) is 35.5 Å². The van der Waals surface area contributed by atoms with Gasteiger partial charge in [-0.2, -0.15) is 0 Å². The number of ether oxygens (including phenoxy) is 1. The highest BCUT2D eigenvalue weighted by molar-refractivity contribution is 7.16. The van der Waals surface area contributed by atoms with Gasteiger partial charge in [0.2, 0.25) is 5.91 Å². The molecule has 2 aromatic carbocycles. The zero-order valence-electron chi connectivity index (χ0n) is 19.5. The quantitative estimate of drug-likeness (QED) is 0.403. The first-order chi connectivity index (χ1) is 16.6. The van der Waals surface area contributed by atoms with Crippen LogP contribution in [0.4, 0.5) is 10.7 Å². The average Bonchev–Trinajstić information content (AvgIpc) is 3.09. The first-order valence-electron chi connectivity index (χ1n) is 10.8. The molecule has 1 aromatic heterocycles. The van der Waals surface area contributed by atoms with Crippen molar-refractivity contribution in [2.24, 2.45) is 0 Å². The van der Waals surface area contributed by atoms with Crippen molar-refractivity contribution < 1.29 is 28.7 Å². The van der Waals surface area contributed by atoms with Crippen molar-refractivity contribution >= 4 is 51.4 Å². The molecule has 1 aliphatic rings. The number of hydrogen-bond acceptors (Lipinski definition) is 7. The number of amides is 2. The van der Waals surface area contributed by atoms with E-state index in [1.54, 1.807) is 37.3 Å². The Kier molecular flexibility index (Phi) is 6.36. The van der Waals surface area contributed by atoms with Gasteiger partial charge in [-0.05, 0) is 32.4 Å². The molecule has 0 saturated heterocycles. The number of ketones is 2. The van der Waals surface area contributed by atoms with E-state index >= 15 is 0 Å². The molecule has 0 bridgehead atoms. The lowest BCUT2D eigenvalue weighted by molar-refractivity contribution is -0.123. The Balaban J connectivity index is 1.56. The van der Waals surface area contributed by atoms with Crippen LogP contribution < -0.4 is 10.6 Å². The van der Waals surface area contributed by atoms with Crippen molar-refractivity contribution in [3.05, 3.63) is 80.7 Å². The highest BCUT2D eigenvalue weighted by Crippen LogP contribution is 2.34. The van der Waals surface area contributed by atoms with Gasteiger partial charge >= 0.3 is 5.97 Å². The van der Waals surface area contributed by atoms with Crippen molar-refractivity contribution in [1.82, 2.24) is 0 Å². The number of esters is 1. The Labute approximate surface area is 205 Å². The largest absolute Gasteiger partial charge is 0.449 e. The standard InChI is InChI=1S/C26H22N2O6S/c1-12-14(3)35-25(27-15(4)29)20(12)26(33)34-13(2)24(32)28-19-11-7-10-18-21(19)23(31)17-9-6-5-8-16(17)22(18)30/h5-11,13H,1-4H3,(H,27,29)(H,28,32). The monoisotopic (exact) mass is 490 g/mol. The van der Waals surface area contributed by atoms with Crippen molar-refractivity contribution in [2.45, 2.75) is 33.8 Å². The minimum Gasteiger partial charge on any atom is -0.449 e. The second kappa shape index (κ2) is 9.27. The fourth-order valence-electron chi connectivity index (χ4n) is 3.88. The Hall–Kier alpha value is -4.11. The molecule has 2 N–H and O–H groups in total. The molecule has 3 aromatic rings. The van der Waals surface area contributed by atoms with Crippen LogP contribution in [0.25, 0.3) is 0 Å². The number of nitrogens with one attached hydrogen (secondary N) is 2. The summed E-state index contributed by atoms with van der Waals surface area (Å²) < 4.78 is 5.39. The van der Waals surface area contributed by atoms with Crippen molar-refractivity contribution in [1.29, 1.82) is 0 Å². The van der Waals surface area contributed by atoms with E-state index in [0.717, 1.165) is 4.88 Å². The summed E-state index contributed by atoms with van der Waals surface area (Å²) in [4.78, 5) is 64.2. The highest BCUT2D eigenvalue weighted by atomic mass is 32.1. The number of aryl methyl sites for hydroxylation is 1. The number of fused-ring (bicyclic) bond motifs is 2. The molecule has 9 heteroatoms. The number of thiophene rings is 1. The van der Waals surface area contributed by atoms with E-state index in [4.69, 9.17) is 4.74 Å².